The highest BCUT2D eigenvalue weighted by Crippen LogP contribution is 2.26. The first-order valence-corrected chi connectivity index (χ1v) is 6.11. The SMILES string of the molecule is CCCCCC(C)OS(=O)(=O)C(F)(F)F. The van der Waals surface area contributed by atoms with Gasteiger partial charge in [-0.1, -0.05) is 26.2 Å². The van der Waals surface area contributed by atoms with Crippen molar-refractivity contribution in [3.05, 3.63) is 0 Å². The predicted molar refractivity (Wildman–Crippen MR) is 49.7 cm³/mol. The molecule has 0 spiro atoms. The molecule has 0 aliphatic carbocycles. The van der Waals surface area contributed by atoms with E-state index in [0.717, 1.165) is 12.8 Å². The minimum Gasteiger partial charge on any atom is -0.260 e. The van der Waals surface area contributed by atoms with E-state index in [0.29, 0.717) is 12.8 Å². The molecule has 1 atom stereocenters. The zero-order valence-electron chi connectivity index (χ0n) is 8.67. The second-order valence-corrected chi connectivity index (χ2v) is 4.87. The van der Waals surface area contributed by atoms with Crippen molar-refractivity contribution in [3.8, 4) is 0 Å². The molecule has 0 radical (unpaired) electrons. The minimum absolute atomic E-state index is 0.309. The molecule has 0 heterocycles. The molecular weight excluding hydrogens is 233 g/mol. The van der Waals surface area contributed by atoms with E-state index in [2.05, 4.69) is 4.18 Å². The fourth-order valence-corrected chi connectivity index (χ4v) is 1.64. The first-order chi connectivity index (χ1) is 6.70. The maximum Gasteiger partial charge on any atom is 0.523 e. The molecule has 0 bridgehead atoms. The van der Waals surface area contributed by atoms with Gasteiger partial charge in [0.2, 0.25) is 0 Å². The Kier molecular flexibility index (Phi) is 5.58. The number of unbranched alkanes of at least 4 members (excludes halogenated alkanes) is 2. The summed E-state index contributed by atoms with van der Waals surface area (Å²) in [6.45, 7) is 3.26. The van der Waals surface area contributed by atoms with Crippen LogP contribution >= 0.6 is 0 Å². The number of hydrogen-bond acceptors (Lipinski definition) is 3. The molecule has 0 rings (SSSR count). The Hall–Kier alpha value is -0.300. The summed E-state index contributed by atoms with van der Waals surface area (Å²) >= 11 is 0. The molecule has 15 heavy (non-hydrogen) atoms. The Morgan fingerprint density at radius 3 is 2.20 bits per heavy atom. The van der Waals surface area contributed by atoms with Crippen LogP contribution in [-0.2, 0) is 14.3 Å². The van der Waals surface area contributed by atoms with Gasteiger partial charge in [-0.2, -0.15) is 21.6 Å². The lowest BCUT2D eigenvalue weighted by molar-refractivity contribution is -0.0570. The number of halogens is 3. The predicted octanol–water partition coefficient (Wildman–Crippen LogP) is 2.82. The third-order valence-electron chi connectivity index (χ3n) is 1.79. The summed E-state index contributed by atoms with van der Waals surface area (Å²) in [6.07, 6.45) is 1.80. The fourth-order valence-electron chi connectivity index (χ4n) is 1.00. The topological polar surface area (TPSA) is 43.4 Å². The van der Waals surface area contributed by atoms with Crippen molar-refractivity contribution in [2.75, 3.05) is 0 Å². The van der Waals surface area contributed by atoms with Crippen molar-refractivity contribution in [2.24, 2.45) is 0 Å². The lowest BCUT2D eigenvalue weighted by Crippen LogP contribution is -2.28. The van der Waals surface area contributed by atoms with Gasteiger partial charge in [-0.3, -0.25) is 4.18 Å². The highest BCUT2D eigenvalue weighted by atomic mass is 32.2. The van der Waals surface area contributed by atoms with Crippen LogP contribution in [0.15, 0.2) is 0 Å². The Bertz CT molecular complexity index is 271. The summed E-state index contributed by atoms with van der Waals surface area (Å²) in [6, 6.07) is 0. The minimum atomic E-state index is -5.43. The summed E-state index contributed by atoms with van der Waals surface area (Å²) in [5, 5.41) is 0. The molecule has 0 aromatic carbocycles. The van der Waals surface area contributed by atoms with Gasteiger partial charge in [0.25, 0.3) is 0 Å². The zero-order chi connectivity index (χ0) is 12.1. The molecule has 0 saturated carbocycles. The lowest BCUT2D eigenvalue weighted by Gasteiger charge is -2.14. The van der Waals surface area contributed by atoms with Gasteiger partial charge in [-0.15, -0.1) is 0 Å². The summed E-state index contributed by atoms with van der Waals surface area (Å²) in [7, 11) is -5.43. The van der Waals surface area contributed by atoms with Crippen molar-refractivity contribution in [2.45, 2.75) is 51.1 Å². The monoisotopic (exact) mass is 248 g/mol. The molecule has 7 heteroatoms. The molecule has 0 N–H and O–H groups in total. The van der Waals surface area contributed by atoms with Crippen LogP contribution in [0, 0.1) is 0 Å². The molecule has 1 unspecified atom stereocenters. The van der Waals surface area contributed by atoms with Gasteiger partial charge in [-0.25, -0.2) is 0 Å². The van der Waals surface area contributed by atoms with Gasteiger partial charge in [0, 0.05) is 0 Å². The van der Waals surface area contributed by atoms with Gasteiger partial charge in [0.1, 0.15) is 0 Å². The molecule has 0 aliphatic rings. The fraction of sp³-hybridized carbons (Fsp3) is 1.00. The molecule has 0 fully saturated rings. The third-order valence-corrected chi connectivity index (χ3v) is 2.94. The molecular formula is C8H15F3O3S. The van der Waals surface area contributed by atoms with Crippen LogP contribution in [0.5, 0.6) is 0 Å². The summed E-state index contributed by atoms with van der Waals surface area (Å²) < 4.78 is 60.7. The molecule has 0 saturated heterocycles. The lowest BCUT2D eigenvalue weighted by atomic mass is 10.1. The second kappa shape index (κ2) is 5.69. The first-order valence-electron chi connectivity index (χ1n) is 4.70. The summed E-state index contributed by atoms with van der Waals surface area (Å²) in [5.74, 6) is 0. The molecule has 0 aromatic heterocycles. The van der Waals surface area contributed by atoms with Crippen LogP contribution < -0.4 is 0 Å². The third kappa shape index (κ3) is 5.36. The number of hydrogen-bond donors (Lipinski definition) is 0. The number of alkyl halides is 3. The number of rotatable bonds is 6. The van der Waals surface area contributed by atoms with Crippen LogP contribution in [0.4, 0.5) is 13.2 Å². The van der Waals surface area contributed by atoms with Gasteiger partial charge >= 0.3 is 15.6 Å². The molecule has 92 valence electrons. The average molecular weight is 248 g/mol. The van der Waals surface area contributed by atoms with E-state index in [9.17, 15) is 21.6 Å². The summed E-state index contributed by atoms with van der Waals surface area (Å²) in [5.41, 5.74) is -5.33. The van der Waals surface area contributed by atoms with Crippen LogP contribution in [0.3, 0.4) is 0 Å². The van der Waals surface area contributed by atoms with E-state index in [1.54, 1.807) is 0 Å². The van der Waals surface area contributed by atoms with Crippen LogP contribution in [-0.4, -0.2) is 20.0 Å². The van der Waals surface area contributed by atoms with Crippen LogP contribution in [0.25, 0.3) is 0 Å². The van der Waals surface area contributed by atoms with Crippen molar-refractivity contribution >= 4 is 10.1 Å². The van der Waals surface area contributed by atoms with Crippen LogP contribution in [0.1, 0.15) is 39.5 Å². The van der Waals surface area contributed by atoms with E-state index < -0.39 is 21.7 Å². The van der Waals surface area contributed by atoms with Crippen LogP contribution in [0.2, 0.25) is 0 Å². The van der Waals surface area contributed by atoms with Crippen molar-refractivity contribution in [3.63, 3.8) is 0 Å². The maximum absolute atomic E-state index is 11.9. The zero-order valence-corrected chi connectivity index (χ0v) is 9.49. The van der Waals surface area contributed by atoms with E-state index in [4.69, 9.17) is 0 Å². The molecule has 0 aliphatic heterocycles. The standard InChI is InChI=1S/C8H15F3O3S/c1-3-4-5-6-7(2)14-15(12,13)8(9,10)11/h7H,3-6H2,1-2H3. The van der Waals surface area contributed by atoms with Gasteiger partial charge < -0.3 is 0 Å². The molecule has 0 amide bonds. The highest BCUT2D eigenvalue weighted by molar-refractivity contribution is 7.87. The molecule has 0 aromatic rings. The smallest absolute Gasteiger partial charge is 0.260 e. The first kappa shape index (κ1) is 14.7. The Balaban J connectivity index is 4.12. The Morgan fingerprint density at radius 1 is 1.27 bits per heavy atom. The van der Waals surface area contributed by atoms with E-state index in [1.165, 1.54) is 6.92 Å². The van der Waals surface area contributed by atoms with Crippen molar-refractivity contribution < 1.29 is 25.8 Å². The van der Waals surface area contributed by atoms with Crippen molar-refractivity contribution in [1.29, 1.82) is 0 Å². The van der Waals surface area contributed by atoms with Crippen molar-refractivity contribution in [1.82, 2.24) is 0 Å². The van der Waals surface area contributed by atoms with E-state index in [1.807, 2.05) is 6.92 Å². The Morgan fingerprint density at radius 2 is 1.80 bits per heavy atom. The van der Waals surface area contributed by atoms with Gasteiger partial charge in [0.15, 0.2) is 0 Å². The van der Waals surface area contributed by atoms with Gasteiger partial charge in [-0.05, 0) is 13.3 Å². The van der Waals surface area contributed by atoms with E-state index in [-0.39, 0.29) is 0 Å². The quantitative estimate of drug-likeness (QED) is 0.412. The largest absolute Gasteiger partial charge is 0.523 e. The molecule has 3 nitrogen and oxygen atoms in total. The van der Waals surface area contributed by atoms with E-state index >= 15 is 0 Å². The second-order valence-electron chi connectivity index (χ2n) is 3.30. The normalized spacial score (nSPS) is 15.3. The average Bonchev–Trinajstić information content (AvgIpc) is 2.01. The highest BCUT2D eigenvalue weighted by Gasteiger charge is 2.48. The maximum atomic E-state index is 11.9. The summed E-state index contributed by atoms with van der Waals surface area (Å²) in [4.78, 5) is 0. The Labute approximate surface area is 87.7 Å². The van der Waals surface area contributed by atoms with Gasteiger partial charge in [0.05, 0.1) is 6.10 Å².